The summed E-state index contributed by atoms with van der Waals surface area (Å²) in [6.07, 6.45) is 5.54. The normalized spacial score (nSPS) is 19.1. The zero-order chi connectivity index (χ0) is 13.1. The number of rotatable bonds is 4. The van der Waals surface area contributed by atoms with Gasteiger partial charge in [0.25, 0.3) is 5.56 Å². The molecule has 100 valence electrons. The van der Waals surface area contributed by atoms with Crippen molar-refractivity contribution in [2.45, 2.75) is 25.4 Å². The molecule has 1 fully saturated rings. The number of hydrogen-bond acceptors (Lipinski definition) is 5. The molecule has 2 aromatic heterocycles. The SMILES string of the molecule is O=c1[nH]cnc2c(CNCC3CCCN3)nccc12. The van der Waals surface area contributed by atoms with Crippen LogP contribution in [0.5, 0.6) is 0 Å². The smallest absolute Gasteiger partial charge is 0.258 e. The summed E-state index contributed by atoms with van der Waals surface area (Å²) in [4.78, 5) is 22.8. The second kappa shape index (κ2) is 5.46. The summed E-state index contributed by atoms with van der Waals surface area (Å²) < 4.78 is 0. The Hall–Kier alpha value is -1.79. The lowest BCUT2D eigenvalue weighted by Gasteiger charge is -2.11. The highest BCUT2D eigenvalue weighted by Gasteiger charge is 2.13. The average Bonchev–Trinajstić information content (AvgIpc) is 2.93. The van der Waals surface area contributed by atoms with Gasteiger partial charge in [-0.2, -0.15) is 0 Å². The maximum absolute atomic E-state index is 11.7. The number of aromatic nitrogens is 3. The predicted molar refractivity (Wildman–Crippen MR) is 72.9 cm³/mol. The Morgan fingerprint density at radius 1 is 1.42 bits per heavy atom. The second-order valence-electron chi connectivity index (χ2n) is 4.81. The van der Waals surface area contributed by atoms with Crippen LogP contribution in [-0.2, 0) is 6.54 Å². The topological polar surface area (TPSA) is 82.7 Å². The van der Waals surface area contributed by atoms with Crippen molar-refractivity contribution >= 4 is 10.9 Å². The lowest BCUT2D eigenvalue weighted by molar-refractivity contribution is 0.533. The van der Waals surface area contributed by atoms with Crippen molar-refractivity contribution in [3.05, 3.63) is 34.6 Å². The third-order valence-corrected chi connectivity index (χ3v) is 3.48. The van der Waals surface area contributed by atoms with Crippen molar-refractivity contribution in [1.29, 1.82) is 0 Å². The minimum absolute atomic E-state index is 0.119. The highest BCUT2D eigenvalue weighted by molar-refractivity contribution is 5.78. The van der Waals surface area contributed by atoms with Crippen LogP contribution in [0.25, 0.3) is 10.9 Å². The van der Waals surface area contributed by atoms with E-state index in [4.69, 9.17) is 0 Å². The van der Waals surface area contributed by atoms with E-state index >= 15 is 0 Å². The largest absolute Gasteiger partial charge is 0.313 e. The maximum Gasteiger partial charge on any atom is 0.258 e. The lowest BCUT2D eigenvalue weighted by atomic mass is 10.2. The maximum atomic E-state index is 11.7. The number of pyridine rings is 1. The van der Waals surface area contributed by atoms with Crippen LogP contribution in [-0.4, -0.2) is 34.1 Å². The molecule has 6 heteroatoms. The molecule has 0 bridgehead atoms. The van der Waals surface area contributed by atoms with Gasteiger partial charge < -0.3 is 15.6 Å². The molecule has 1 saturated heterocycles. The first-order chi connectivity index (χ1) is 9.34. The summed E-state index contributed by atoms with van der Waals surface area (Å²) in [5, 5.41) is 7.40. The number of hydrogen-bond donors (Lipinski definition) is 3. The molecule has 0 radical (unpaired) electrons. The van der Waals surface area contributed by atoms with E-state index in [-0.39, 0.29) is 5.56 Å². The van der Waals surface area contributed by atoms with Crippen LogP contribution in [0, 0.1) is 0 Å². The Labute approximate surface area is 110 Å². The fraction of sp³-hybridized carbons (Fsp3) is 0.462. The van der Waals surface area contributed by atoms with Gasteiger partial charge in [0.2, 0.25) is 0 Å². The number of aromatic amines is 1. The zero-order valence-electron chi connectivity index (χ0n) is 10.6. The second-order valence-corrected chi connectivity index (χ2v) is 4.81. The summed E-state index contributed by atoms with van der Waals surface area (Å²) in [5.41, 5.74) is 1.38. The molecule has 0 saturated carbocycles. The molecule has 0 aromatic carbocycles. The van der Waals surface area contributed by atoms with E-state index in [1.54, 1.807) is 12.3 Å². The minimum atomic E-state index is -0.119. The van der Waals surface area contributed by atoms with E-state index in [0.717, 1.165) is 18.8 Å². The molecule has 3 rings (SSSR count). The fourth-order valence-corrected chi connectivity index (χ4v) is 2.48. The van der Waals surface area contributed by atoms with Crippen molar-refractivity contribution in [2.24, 2.45) is 0 Å². The first-order valence-electron chi connectivity index (χ1n) is 6.60. The number of fused-ring (bicyclic) bond motifs is 1. The molecule has 1 aliphatic rings. The Balaban J connectivity index is 1.73. The van der Waals surface area contributed by atoms with E-state index in [0.29, 0.717) is 23.5 Å². The fourth-order valence-electron chi connectivity index (χ4n) is 2.48. The molecular weight excluding hydrogens is 242 g/mol. The zero-order valence-corrected chi connectivity index (χ0v) is 10.6. The molecule has 3 N–H and O–H groups in total. The van der Waals surface area contributed by atoms with Gasteiger partial charge in [-0.05, 0) is 25.5 Å². The van der Waals surface area contributed by atoms with Gasteiger partial charge in [-0.15, -0.1) is 0 Å². The van der Waals surface area contributed by atoms with Crippen LogP contribution in [0.2, 0.25) is 0 Å². The van der Waals surface area contributed by atoms with E-state index < -0.39 is 0 Å². The van der Waals surface area contributed by atoms with Gasteiger partial charge in [0.15, 0.2) is 0 Å². The van der Waals surface area contributed by atoms with Crippen LogP contribution in [0.1, 0.15) is 18.5 Å². The van der Waals surface area contributed by atoms with Crippen molar-refractivity contribution in [2.75, 3.05) is 13.1 Å². The molecular formula is C13H17N5O. The van der Waals surface area contributed by atoms with Gasteiger partial charge in [0.05, 0.1) is 17.4 Å². The van der Waals surface area contributed by atoms with E-state index in [1.807, 2.05) is 0 Å². The number of nitrogens with one attached hydrogen (secondary N) is 3. The third kappa shape index (κ3) is 2.64. The van der Waals surface area contributed by atoms with Gasteiger partial charge >= 0.3 is 0 Å². The standard InChI is InChI=1S/C13H17N5O/c19-13-10-3-5-16-11(12(10)17-8-18-13)7-14-6-9-2-1-4-15-9/h3,5,8-9,14-15H,1-2,4,6-7H2,(H,17,18,19). The predicted octanol–water partition coefficient (Wildman–Crippen LogP) is 0.160. The average molecular weight is 259 g/mol. The quantitative estimate of drug-likeness (QED) is 0.728. The molecule has 6 nitrogen and oxygen atoms in total. The first kappa shape index (κ1) is 12.3. The van der Waals surface area contributed by atoms with Crippen LogP contribution in [0.4, 0.5) is 0 Å². The molecule has 1 aliphatic heterocycles. The molecule has 2 aromatic rings. The Morgan fingerprint density at radius 3 is 3.21 bits per heavy atom. The van der Waals surface area contributed by atoms with Crippen LogP contribution in [0.15, 0.2) is 23.4 Å². The van der Waals surface area contributed by atoms with E-state index in [1.165, 1.54) is 19.2 Å². The van der Waals surface area contributed by atoms with E-state index in [2.05, 4.69) is 25.6 Å². The van der Waals surface area contributed by atoms with Crippen LogP contribution >= 0.6 is 0 Å². The lowest BCUT2D eigenvalue weighted by Crippen LogP contribution is -2.33. The molecule has 0 spiro atoms. The van der Waals surface area contributed by atoms with Gasteiger partial charge in [-0.3, -0.25) is 9.78 Å². The van der Waals surface area contributed by atoms with Gasteiger partial charge in [0.1, 0.15) is 5.52 Å². The first-order valence-corrected chi connectivity index (χ1v) is 6.60. The summed E-state index contributed by atoms with van der Waals surface area (Å²) in [5.74, 6) is 0. The Kier molecular flexibility index (Phi) is 3.52. The summed E-state index contributed by atoms with van der Waals surface area (Å²) in [6.45, 7) is 2.66. The van der Waals surface area contributed by atoms with Gasteiger partial charge in [0, 0.05) is 25.3 Å². The van der Waals surface area contributed by atoms with Crippen molar-refractivity contribution in [3.8, 4) is 0 Å². The number of H-pyrrole nitrogens is 1. The Bertz CT molecular complexity index is 618. The van der Waals surface area contributed by atoms with Crippen molar-refractivity contribution in [3.63, 3.8) is 0 Å². The highest BCUT2D eigenvalue weighted by Crippen LogP contribution is 2.09. The summed E-state index contributed by atoms with van der Waals surface area (Å²) in [6, 6.07) is 2.25. The van der Waals surface area contributed by atoms with E-state index in [9.17, 15) is 4.79 Å². The molecule has 19 heavy (non-hydrogen) atoms. The molecule has 1 unspecified atom stereocenters. The third-order valence-electron chi connectivity index (χ3n) is 3.48. The van der Waals surface area contributed by atoms with Crippen LogP contribution in [0.3, 0.4) is 0 Å². The summed E-state index contributed by atoms with van der Waals surface area (Å²) >= 11 is 0. The monoisotopic (exact) mass is 259 g/mol. The molecule has 0 aliphatic carbocycles. The molecule has 0 amide bonds. The minimum Gasteiger partial charge on any atom is -0.313 e. The van der Waals surface area contributed by atoms with Gasteiger partial charge in [-0.1, -0.05) is 0 Å². The van der Waals surface area contributed by atoms with Crippen molar-refractivity contribution < 1.29 is 0 Å². The van der Waals surface area contributed by atoms with Gasteiger partial charge in [-0.25, -0.2) is 4.98 Å². The molecule has 3 heterocycles. The molecule has 1 atom stereocenters. The summed E-state index contributed by atoms with van der Waals surface area (Å²) in [7, 11) is 0. The Morgan fingerprint density at radius 2 is 2.37 bits per heavy atom. The number of nitrogens with zero attached hydrogens (tertiary/aromatic N) is 2. The highest BCUT2D eigenvalue weighted by atomic mass is 16.1. The van der Waals surface area contributed by atoms with Crippen molar-refractivity contribution in [1.82, 2.24) is 25.6 Å². The van der Waals surface area contributed by atoms with Crippen LogP contribution < -0.4 is 16.2 Å².